The molecule has 1 atom stereocenters. The van der Waals surface area contributed by atoms with Crippen LogP contribution in [0, 0.1) is 5.92 Å². The van der Waals surface area contributed by atoms with Gasteiger partial charge in [-0.1, -0.05) is 60.7 Å². The average Bonchev–Trinajstić information content (AvgIpc) is 2.80. The van der Waals surface area contributed by atoms with Crippen molar-refractivity contribution in [1.82, 2.24) is 4.90 Å². The van der Waals surface area contributed by atoms with Crippen LogP contribution in [0.25, 0.3) is 0 Å². The van der Waals surface area contributed by atoms with Gasteiger partial charge < -0.3 is 14.4 Å². The highest BCUT2D eigenvalue weighted by Crippen LogP contribution is 2.27. The Morgan fingerprint density at radius 2 is 1.45 bits per heavy atom. The van der Waals surface area contributed by atoms with E-state index < -0.39 is 18.0 Å². The third kappa shape index (κ3) is 5.72. The second-order valence-corrected chi connectivity index (χ2v) is 7.69. The number of carbonyl (C=O) groups is 3. The van der Waals surface area contributed by atoms with Crippen molar-refractivity contribution in [1.29, 1.82) is 0 Å². The summed E-state index contributed by atoms with van der Waals surface area (Å²) in [6.07, 6.45) is 0.214. The van der Waals surface area contributed by atoms with Gasteiger partial charge in [0.25, 0.3) is 5.91 Å². The second-order valence-electron chi connectivity index (χ2n) is 7.69. The molecule has 0 bridgehead atoms. The molecule has 0 unspecified atom stereocenters. The quantitative estimate of drug-likeness (QED) is 0.637. The van der Waals surface area contributed by atoms with Gasteiger partial charge in [-0.2, -0.15) is 0 Å². The molecule has 1 amide bonds. The number of piperidine rings is 1. The highest BCUT2D eigenvalue weighted by molar-refractivity contribution is 5.87. The molecule has 0 saturated carbocycles. The number of hydrogen-bond acceptors (Lipinski definition) is 5. The van der Waals surface area contributed by atoms with Crippen LogP contribution in [-0.2, 0) is 23.9 Å². The van der Waals surface area contributed by atoms with E-state index in [4.69, 9.17) is 9.47 Å². The van der Waals surface area contributed by atoms with Gasteiger partial charge in [0, 0.05) is 13.1 Å². The van der Waals surface area contributed by atoms with Gasteiger partial charge in [-0.25, -0.2) is 0 Å². The number of likely N-dealkylation sites (tertiary alicyclic amines) is 1. The normalized spacial score (nSPS) is 15.4. The number of nitrogens with zero attached hydrogens (tertiary/aromatic N) is 1. The molecular weight excluding hydrogens is 394 g/mol. The highest BCUT2D eigenvalue weighted by Gasteiger charge is 2.33. The minimum atomic E-state index is -0.901. The van der Waals surface area contributed by atoms with Crippen LogP contribution in [0.3, 0.4) is 0 Å². The van der Waals surface area contributed by atoms with Crippen molar-refractivity contribution in [2.24, 2.45) is 5.92 Å². The van der Waals surface area contributed by atoms with E-state index >= 15 is 0 Å². The van der Waals surface area contributed by atoms with Crippen molar-refractivity contribution in [2.75, 3.05) is 19.7 Å². The molecule has 31 heavy (non-hydrogen) atoms. The van der Waals surface area contributed by atoms with E-state index in [1.165, 1.54) is 0 Å². The maximum atomic E-state index is 13.1. The molecule has 1 aliphatic rings. The SMILES string of the molecule is CCOC(=O)C1CCN(C(=O)[C@@H](C)OC(=O)C(c2ccccc2)c2ccccc2)CC1. The van der Waals surface area contributed by atoms with Crippen molar-refractivity contribution >= 4 is 17.8 Å². The Labute approximate surface area is 183 Å². The minimum absolute atomic E-state index is 0.178. The summed E-state index contributed by atoms with van der Waals surface area (Å²) in [7, 11) is 0. The first-order valence-electron chi connectivity index (χ1n) is 10.8. The predicted octanol–water partition coefficient (Wildman–Crippen LogP) is 3.55. The Kier molecular flexibility index (Phi) is 7.82. The third-order valence-corrected chi connectivity index (χ3v) is 5.57. The number of esters is 2. The molecule has 6 heteroatoms. The zero-order valence-corrected chi connectivity index (χ0v) is 18.0. The number of carbonyl (C=O) groups excluding carboxylic acids is 3. The lowest BCUT2D eigenvalue weighted by Crippen LogP contribution is -2.45. The van der Waals surface area contributed by atoms with Gasteiger partial charge in [0.15, 0.2) is 6.10 Å². The summed E-state index contributed by atoms with van der Waals surface area (Å²) in [6.45, 7) is 4.64. The predicted molar refractivity (Wildman–Crippen MR) is 116 cm³/mol. The van der Waals surface area contributed by atoms with Crippen molar-refractivity contribution < 1.29 is 23.9 Å². The molecule has 1 saturated heterocycles. The molecule has 6 nitrogen and oxygen atoms in total. The van der Waals surface area contributed by atoms with Crippen LogP contribution < -0.4 is 0 Å². The number of rotatable bonds is 7. The lowest BCUT2D eigenvalue weighted by atomic mass is 9.91. The summed E-state index contributed by atoms with van der Waals surface area (Å²) < 4.78 is 10.7. The van der Waals surface area contributed by atoms with E-state index in [0.29, 0.717) is 32.5 Å². The molecule has 3 rings (SSSR count). The van der Waals surface area contributed by atoms with Crippen LogP contribution in [0.5, 0.6) is 0 Å². The van der Waals surface area contributed by atoms with Gasteiger partial charge in [-0.3, -0.25) is 14.4 Å². The largest absolute Gasteiger partial charge is 0.466 e. The van der Waals surface area contributed by atoms with E-state index in [1.54, 1.807) is 18.7 Å². The van der Waals surface area contributed by atoms with Crippen LogP contribution >= 0.6 is 0 Å². The van der Waals surface area contributed by atoms with Gasteiger partial charge in [-0.15, -0.1) is 0 Å². The minimum Gasteiger partial charge on any atom is -0.466 e. The lowest BCUT2D eigenvalue weighted by Gasteiger charge is -2.32. The summed E-state index contributed by atoms with van der Waals surface area (Å²) >= 11 is 0. The van der Waals surface area contributed by atoms with Crippen molar-refractivity contribution in [3.63, 3.8) is 0 Å². The van der Waals surface area contributed by atoms with Crippen LogP contribution in [0.15, 0.2) is 60.7 Å². The van der Waals surface area contributed by atoms with Gasteiger partial charge in [0.2, 0.25) is 0 Å². The molecule has 1 aliphatic heterocycles. The summed E-state index contributed by atoms with van der Waals surface area (Å²) in [4.78, 5) is 39.5. The first kappa shape index (κ1) is 22.5. The molecule has 1 heterocycles. The Morgan fingerprint density at radius 1 is 0.935 bits per heavy atom. The van der Waals surface area contributed by atoms with Crippen LogP contribution in [0.2, 0.25) is 0 Å². The van der Waals surface area contributed by atoms with Crippen LogP contribution in [0.1, 0.15) is 43.7 Å². The molecule has 1 fully saturated rings. The van der Waals surface area contributed by atoms with Gasteiger partial charge in [-0.05, 0) is 37.8 Å². The van der Waals surface area contributed by atoms with Crippen LogP contribution in [-0.4, -0.2) is 48.5 Å². The molecule has 0 spiro atoms. The zero-order valence-electron chi connectivity index (χ0n) is 18.0. The number of ether oxygens (including phenoxy) is 2. The monoisotopic (exact) mass is 423 g/mol. The first-order chi connectivity index (χ1) is 15.0. The topological polar surface area (TPSA) is 72.9 Å². The number of amides is 1. The fraction of sp³-hybridized carbons (Fsp3) is 0.400. The molecule has 0 aliphatic carbocycles. The second kappa shape index (κ2) is 10.8. The van der Waals surface area contributed by atoms with Crippen molar-refractivity contribution in [3.8, 4) is 0 Å². The van der Waals surface area contributed by atoms with Crippen molar-refractivity contribution in [3.05, 3.63) is 71.8 Å². The molecule has 2 aromatic carbocycles. The first-order valence-corrected chi connectivity index (χ1v) is 10.8. The third-order valence-electron chi connectivity index (χ3n) is 5.57. The molecule has 2 aromatic rings. The fourth-order valence-electron chi connectivity index (χ4n) is 3.90. The molecule has 0 N–H and O–H groups in total. The van der Waals surface area contributed by atoms with E-state index in [9.17, 15) is 14.4 Å². The summed E-state index contributed by atoms with van der Waals surface area (Å²) in [5, 5.41) is 0. The Hall–Kier alpha value is -3.15. The summed E-state index contributed by atoms with van der Waals surface area (Å²) in [6, 6.07) is 18.8. The lowest BCUT2D eigenvalue weighted by molar-refractivity contribution is -0.161. The highest BCUT2D eigenvalue weighted by atomic mass is 16.5. The van der Waals surface area contributed by atoms with E-state index in [1.807, 2.05) is 60.7 Å². The van der Waals surface area contributed by atoms with E-state index in [-0.39, 0.29) is 17.8 Å². The molecule has 164 valence electrons. The maximum absolute atomic E-state index is 13.1. The Bertz CT molecular complexity index is 836. The maximum Gasteiger partial charge on any atom is 0.318 e. The Balaban J connectivity index is 1.64. The smallest absolute Gasteiger partial charge is 0.318 e. The molecule has 0 aromatic heterocycles. The number of hydrogen-bond donors (Lipinski definition) is 0. The standard InChI is InChI=1S/C25H29NO5/c1-3-30-24(28)21-14-16-26(17-15-21)23(27)18(2)31-25(29)22(19-10-6-4-7-11-19)20-12-8-5-9-13-20/h4-13,18,21-22H,3,14-17H2,1-2H3/t18-/m1/s1. The van der Waals surface area contributed by atoms with Crippen LogP contribution in [0.4, 0.5) is 0 Å². The van der Waals surface area contributed by atoms with Gasteiger partial charge in [0.1, 0.15) is 5.92 Å². The van der Waals surface area contributed by atoms with Gasteiger partial charge in [0.05, 0.1) is 12.5 Å². The van der Waals surface area contributed by atoms with Crippen molar-refractivity contribution in [2.45, 2.75) is 38.7 Å². The van der Waals surface area contributed by atoms with Gasteiger partial charge >= 0.3 is 11.9 Å². The summed E-state index contributed by atoms with van der Waals surface area (Å²) in [5.41, 5.74) is 1.63. The van der Waals surface area contributed by atoms with E-state index in [0.717, 1.165) is 11.1 Å². The summed E-state index contributed by atoms with van der Waals surface area (Å²) in [5.74, 6) is -1.69. The number of benzene rings is 2. The zero-order chi connectivity index (χ0) is 22.2. The molecule has 0 radical (unpaired) electrons. The Morgan fingerprint density at radius 3 is 1.94 bits per heavy atom. The van der Waals surface area contributed by atoms with E-state index in [2.05, 4.69) is 0 Å². The fourth-order valence-corrected chi connectivity index (χ4v) is 3.90. The average molecular weight is 424 g/mol. The molecular formula is C25H29NO5.